The van der Waals surface area contributed by atoms with E-state index in [1.54, 1.807) is 6.08 Å². The molecule has 2 fully saturated rings. The number of hydrogen-bond donors (Lipinski definition) is 1. The number of aromatic nitrogens is 1. The molecule has 2 aliphatic heterocycles. The molecule has 3 heterocycles. The smallest absolute Gasteiger partial charge is 0.246 e. The summed E-state index contributed by atoms with van der Waals surface area (Å²) in [5.41, 5.74) is 2.04. The number of piperidine rings is 2. The summed E-state index contributed by atoms with van der Waals surface area (Å²) in [6.45, 7) is 8.90. The summed E-state index contributed by atoms with van der Waals surface area (Å²) in [7, 11) is 0. The standard InChI is InChI=1S/C26H34N4O2S/c1-19-14-20(2)16-29(15-19)17-23-18-33-26(27-23)28-25(32)22-10-12-30(13-11-22)24(31)9-8-21-6-4-3-5-7-21/h3-9,18-20,22H,10-17H2,1-2H3,(H,27,28,32)/b9-8+. The van der Waals surface area contributed by atoms with E-state index in [4.69, 9.17) is 0 Å². The van der Waals surface area contributed by atoms with Crippen LogP contribution in [0.5, 0.6) is 0 Å². The third kappa shape index (κ3) is 6.74. The Bertz CT molecular complexity index is 956. The number of hydrogen-bond acceptors (Lipinski definition) is 5. The fourth-order valence-electron chi connectivity index (χ4n) is 4.99. The third-order valence-corrected chi connectivity index (χ3v) is 7.31. The third-order valence-electron chi connectivity index (χ3n) is 6.51. The first-order chi connectivity index (χ1) is 16.0. The first kappa shape index (κ1) is 23.6. The quantitative estimate of drug-likeness (QED) is 0.636. The van der Waals surface area contributed by atoms with Gasteiger partial charge in [-0.1, -0.05) is 44.2 Å². The molecular formula is C26H34N4O2S. The predicted octanol–water partition coefficient (Wildman–Crippen LogP) is 4.51. The number of carbonyl (C=O) groups excluding carboxylic acids is 2. The summed E-state index contributed by atoms with van der Waals surface area (Å²) in [4.78, 5) is 34.2. The van der Waals surface area contributed by atoms with Crippen molar-refractivity contribution in [1.29, 1.82) is 0 Å². The van der Waals surface area contributed by atoms with Gasteiger partial charge in [0.25, 0.3) is 0 Å². The van der Waals surface area contributed by atoms with Crippen molar-refractivity contribution in [3.8, 4) is 0 Å². The van der Waals surface area contributed by atoms with Crippen LogP contribution < -0.4 is 5.32 Å². The number of amides is 2. The Morgan fingerprint density at radius 3 is 2.52 bits per heavy atom. The molecule has 176 valence electrons. The second-order valence-electron chi connectivity index (χ2n) is 9.62. The molecule has 2 saturated heterocycles. The average molecular weight is 467 g/mol. The van der Waals surface area contributed by atoms with Crippen LogP contribution >= 0.6 is 11.3 Å². The van der Waals surface area contributed by atoms with Crippen LogP contribution in [0.4, 0.5) is 5.13 Å². The fourth-order valence-corrected chi connectivity index (χ4v) is 5.70. The number of likely N-dealkylation sites (tertiary alicyclic amines) is 2. The maximum absolute atomic E-state index is 12.8. The van der Waals surface area contributed by atoms with Crippen molar-refractivity contribution >= 4 is 34.4 Å². The SMILES string of the molecule is CC1CC(C)CN(Cc2csc(NC(=O)C3CCN(C(=O)/C=C/c4ccccc4)CC3)n2)C1. The van der Waals surface area contributed by atoms with Crippen molar-refractivity contribution in [3.63, 3.8) is 0 Å². The summed E-state index contributed by atoms with van der Waals surface area (Å²) >= 11 is 1.50. The van der Waals surface area contributed by atoms with Crippen LogP contribution in [0.25, 0.3) is 6.08 Å². The number of thiazole rings is 1. The molecule has 6 nitrogen and oxygen atoms in total. The maximum atomic E-state index is 12.8. The van der Waals surface area contributed by atoms with E-state index < -0.39 is 0 Å². The van der Waals surface area contributed by atoms with Crippen molar-refractivity contribution in [3.05, 3.63) is 53.0 Å². The minimum absolute atomic E-state index is 0.00336. The molecule has 1 aromatic carbocycles. The van der Waals surface area contributed by atoms with Crippen LogP contribution in [0.15, 0.2) is 41.8 Å². The summed E-state index contributed by atoms with van der Waals surface area (Å²) < 4.78 is 0. The summed E-state index contributed by atoms with van der Waals surface area (Å²) in [5, 5.41) is 5.74. The summed E-state index contributed by atoms with van der Waals surface area (Å²) in [6.07, 6.45) is 6.11. The molecule has 2 aliphatic rings. The molecule has 2 aromatic rings. The highest BCUT2D eigenvalue weighted by Crippen LogP contribution is 2.25. The van der Waals surface area contributed by atoms with E-state index in [1.807, 2.05) is 41.3 Å². The lowest BCUT2D eigenvalue weighted by Gasteiger charge is -2.34. The second-order valence-corrected chi connectivity index (χ2v) is 10.5. The van der Waals surface area contributed by atoms with Gasteiger partial charge in [0.1, 0.15) is 0 Å². The monoisotopic (exact) mass is 466 g/mol. The van der Waals surface area contributed by atoms with Crippen molar-refractivity contribution in [1.82, 2.24) is 14.8 Å². The highest BCUT2D eigenvalue weighted by molar-refractivity contribution is 7.13. The van der Waals surface area contributed by atoms with Crippen molar-refractivity contribution < 1.29 is 9.59 Å². The molecule has 0 spiro atoms. The van der Waals surface area contributed by atoms with Crippen LogP contribution in [0.1, 0.15) is 44.4 Å². The molecule has 2 amide bonds. The fraction of sp³-hybridized carbons (Fsp3) is 0.500. The van der Waals surface area contributed by atoms with Gasteiger partial charge in [-0.2, -0.15) is 0 Å². The van der Waals surface area contributed by atoms with Gasteiger partial charge in [0.15, 0.2) is 5.13 Å². The van der Waals surface area contributed by atoms with Gasteiger partial charge in [0, 0.05) is 50.1 Å². The van der Waals surface area contributed by atoms with E-state index in [-0.39, 0.29) is 17.7 Å². The molecule has 2 atom stereocenters. The van der Waals surface area contributed by atoms with E-state index in [9.17, 15) is 9.59 Å². The van der Waals surface area contributed by atoms with Crippen molar-refractivity contribution in [2.75, 3.05) is 31.5 Å². The van der Waals surface area contributed by atoms with Gasteiger partial charge in [-0.05, 0) is 42.7 Å². The van der Waals surface area contributed by atoms with Gasteiger partial charge in [0.2, 0.25) is 11.8 Å². The molecule has 2 unspecified atom stereocenters. The number of benzene rings is 1. The molecule has 0 bridgehead atoms. The normalized spacial score (nSPS) is 22.5. The molecule has 1 aromatic heterocycles. The minimum atomic E-state index is -0.0803. The number of carbonyl (C=O) groups is 2. The van der Waals surface area contributed by atoms with E-state index in [2.05, 4.69) is 34.4 Å². The Hall–Kier alpha value is -2.51. The average Bonchev–Trinajstić information content (AvgIpc) is 3.24. The Kier molecular flexibility index (Phi) is 7.93. The Morgan fingerprint density at radius 1 is 1.12 bits per heavy atom. The highest BCUT2D eigenvalue weighted by atomic mass is 32.1. The van der Waals surface area contributed by atoms with Crippen molar-refractivity contribution in [2.45, 2.75) is 39.7 Å². The largest absolute Gasteiger partial charge is 0.339 e. The van der Waals surface area contributed by atoms with E-state index in [1.165, 1.54) is 17.8 Å². The van der Waals surface area contributed by atoms with E-state index in [0.717, 1.165) is 42.7 Å². The van der Waals surface area contributed by atoms with E-state index in [0.29, 0.717) is 31.1 Å². The molecule has 0 radical (unpaired) electrons. The van der Waals surface area contributed by atoms with Gasteiger partial charge in [0.05, 0.1) is 5.69 Å². The van der Waals surface area contributed by atoms with Crippen LogP contribution in [-0.4, -0.2) is 52.8 Å². The lowest BCUT2D eigenvalue weighted by molar-refractivity contribution is -0.130. The van der Waals surface area contributed by atoms with Crippen LogP contribution in [-0.2, 0) is 16.1 Å². The molecule has 4 rings (SSSR count). The topological polar surface area (TPSA) is 65.5 Å². The summed E-state index contributed by atoms with van der Waals surface area (Å²) in [5.74, 6) is 1.38. The lowest BCUT2D eigenvalue weighted by atomic mass is 9.92. The molecule has 1 N–H and O–H groups in total. The first-order valence-corrected chi connectivity index (χ1v) is 12.8. The zero-order valence-electron chi connectivity index (χ0n) is 19.6. The van der Waals surface area contributed by atoms with Crippen LogP contribution in [0, 0.1) is 17.8 Å². The van der Waals surface area contributed by atoms with Crippen molar-refractivity contribution in [2.24, 2.45) is 17.8 Å². The predicted molar refractivity (Wildman–Crippen MR) is 134 cm³/mol. The van der Waals surface area contributed by atoms with Gasteiger partial charge < -0.3 is 10.2 Å². The number of anilines is 1. The summed E-state index contributed by atoms with van der Waals surface area (Å²) in [6, 6.07) is 9.80. The minimum Gasteiger partial charge on any atom is -0.339 e. The Morgan fingerprint density at radius 2 is 1.82 bits per heavy atom. The Labute approximate surface area is 200 Å². The number of nitrogens with zero attached hydrogens (tertiary/aromatic N) is 3. The van der Waals surface area contributed by atoms with Crippen LogP contribution in [0.3, 0.4) is 0 Å². The van der Waals surface area contributed by atoms with Crippen LogP contribution in [0.2, 0.25) is 0 Å². The second kappa shape index (κ2) is 11.1. The zero-order valence-corrected chi connectivity index (χ0v) is 20.4. The lowest BCUT2D eigenvalue weighted by Crippen LogP contribution is -2.40. The molecule has 0 saturated carbocycles. The number of rotatable bonds is 6. The molecule has 33 heavy (non-hydrogen) atoms. The zero-order chi connectivity index (χ0) is 23.2. The van der Waals surface area contributed by atoms with Gasteiger partial charge >= 0.3 is 0 Å². The molecule has 7 heteroatoms. The maximum Gasteiger partial charge on any atom is 0.246 e. The van der Waals surface area contributed by atoms with Gasteiger partial charge in [-0.15, -0.1) is 11.3 Å². The Balaban J connectivity index is 1.22. The first-order valence-electron chi connectivity index (χ1n) is 12.0. The molecule has 0 aliphatic carbocycles. The number of nitrogens with one attached hydrogen (secondary N) is 1. The molecular weight excluding hydrogens is 432 g/mol. The van der Waals surface area contributed by atoms with Gasteiger partial charge in [-0.25, -0.2) is 4.98 Å². The van der Waals surface area contributed by atoms with Gasteiger partial charge in [-0.3, -0.25) is 14.5 Å². The highest BCUT2D eigenvalue weighted by Gasteiger charge is 2.27. The van der Waals surface area contributed by atoms with E-state index >= 15 is 0 Å².